The van der Waals surface area contributed by atoms with E-state index in [4.69, 9.17) is 0 Å². The van der Waals surface area contributed by atoms with Crippen LogP contribution in [0.2, 0.25) is 0 Å². The fourth-order valence-corrected chi connectivity index (χ4v) is 3.06. The maximum atomic E-state index is 10.6. The van der Waals surface area contributed by atoms with Crippen molar-refractivity contribution in [1.82, 2.24) is 0 Å². The van der Waals surface area contributed by atoms with Crippen molar-refractivity contribution in [2.45, 2.75) is 46.0 Å². The third-order valence-electron chi connectivity index (χ3n) is 3.91. The lowest BCUT2D eigenvalue weighted by atomic mass is 9.70. The smallest absolute Gasteiger partial charge is 0.123 e. The molecule has 1 heteroatoms. The van der Waals surface area contributed by atoms with Gasteiger partial charge in [0.15, 0.2) is 0 Å². The summed E-state index contributed by atoms with van der Waals surface area (Å²) in [7, 11) is 0. The molecule has 0 aromatic heterocycles. The predicted octanol–water partition coefficient (Wildman–Crippen LogP) is 3.04. The topological polar surface area (TPSA) is 17.1 Å². The Morgan fingerprint density at radius 1 is 1.38 bits per heavy atom. The Hall–Kier alpha value is -0.330. The number of hydrogen-bond acceptors (Lipinski definition) is 1. The molecular weight excluding hydrogens is 160 g/mol. The van der Waals surface area contributed by atoms with E-state index in [0.29, 0.717) is 11.3 Å². The second-order valence-corrected chi connectivity index (χ2v) is 5.72. The molecule has 0 unspecified atom stereocenters. The maximum absolute atomic E-state index is 10.6. The van der Waals surface area contributed by atoms with Gasteiger partial charge in [-0.05, 0) is 36.5 Å². The first-order valence-corrected chi connectivity index (χ1v) is 5.58. The second kappa shape index (κ2) is 3.11. The van der Waals surface area contributed by atoms with Crippen LogP contribution in [0.3, 0.4) is 0 Å². The lowest BCUT2D eigenvalue weighted by Crippen LogP contribution is -2.24. The minimum atomic E-state index is 0.430. The minimum Gasteiger partial charge on any atom is -0.303 e. The zero-order chi connectivity index (χ0) is 9.47. The van der Waals surface area contributed by atoms with Gasteiger partial charge in [0.25, 0.3) is 0 Å². The van der Waals surface area contributed by atoms with Gasteiger partial charge in [0.05, 0.1) is 0 Å². The van der Waals surface area contributed by atoms with Crippen molar-refractivity contribution in [3.05, 3.63) is 0 Å². The quantitative estimate of drug-likeness (QED) is 0.597. The van der Waals surface area contributed by atoms with Crippen LogP contribution in [0.4, 0.5) is 0 Å². The molecule has 2 aliphatic rings. The van der Waals surface area contributed by atoms with E-state index in [2.05, 4.69) is 13.8 Å². The highest BCUT2D eigenvalue weighted by Gasteiger charge is 2.45. The SMILES string of the molecule is CC1(C)CCC[C@H]([C@H]2C[C@@H]2C=O)C1. The summed E-state index contributed by atoms with van der Waals surface area (Å²) in [5.74, 6) is 2.05. The van der Waals surface area contributed by atoms with Crippen LogP contribution in [0.25, 0.3) is 0 Å². The molecule has 0 bridgehead atoms. The first kappa shape index (κ1) is 9.23. The first-order chi connectivity index (χ1) is 6.12. The summed E-state index contributed by atoms with van der Waals surface area (Å²) in [6.07, 6.45) is 7.83. The van der Waals surface area contributed by atoms with Gasteiger partial charge in [-0.3, -0.25) is 0 Å². The number of hydrogen-bond donors (Lipinski definition) is 0. The molecule has 13 heavy (non-hydrogen) atoms. The summed E-state index contributed by atoms with van der Waals surface area (Å²) in [5, 5.41) is 0. The van der Waals surface area contributed by atoms with Crippen LogP contribution in [-0.4, -0.2) is 6.29 Å². The molecule has 2 rings (SSSR count). The number of aldehydes is 1. The van der Waals surface area contributed by atoms with Crippen molar-refractivity contribution in [3.63, 3.8) is 0 Å². The third kappa shape index (κ3) is 1.95. The summed E-state index contributed by atoms with van der Waals surface area (Å²) in [6.45, 7) is 4.74. The Labute approximate surface area is 80.9 Å². The zero-order valence-electron chi connectivity index (χ0n) is 8.75. The largest absolute Gasteiger partial charge is 0.303 e. The molecule has 74 valence electrons. The fraction of sp³-hybridized carbons (Fsp3) is 0.917. The number of carbonyl (C=O) groups excluding carboxylic acids is 1. The van der Waals surface area contributed by atoms with Gasteiger partial charge in [-0.15, -0.1) is 0 Å². The van der Waals surface area contributed by atoms with Gasteiger partial charge in [0, 0.05) is 5.92 Å². The lowest BCUT2D eigenvalue weighted by Gasteiger charge is -2.35. The molecule has 0 aromatic rings. The van der Waals surface area contributed by atoms with E-state index in [1.54, 1.807) is 0 Å². The predicted molar refractivity (Wildman–Crippen MR) is 53.4 cm³/mol. The summed E-state index contributed by atoms with van der Waals surface area (Å²) in [6, 6.07) is 0. The molecule has 0 aromatic carbocycles. The van der Waals surface area contributed by atoms with Gasteiger partial charge < -0.3 is 4.79 Å². The highest BCUT2D eigenvalue weighted by molar-refractivity contribution is 5.58. The van der Waals surface area contributed by atoms with Crippen LogP contribution in [-0.2, 0) is 4.79 Å². The average molecular weight is 180 g/mol. The van der Waals surface area contributed by atoms with Gasteiger partial charge in [0.2, 0.25) is 0 Å². The molecule has 0 N–H and O–H groups in total. The molecule has 0 aliphatic heterocycles. The lowest BCUT2D eigenvalue weighted by molar-refractivity contribution is -0.109. The summed E-state index contributed by atoms with van der Waals surface area (Å²) < 4.78 is 0. The monoisotopic (exact) mass is 180 g/mol. The Kier molecular flexibility index (Phi) is 2.21. The molecule has 2 fully saturated rings. The van der Waals surface area contributed by atoms with E-state index in [-0.39, 0.29) is 0 Å². The first-order valence-electron chi connectivity index (χ1n) is 5.58. The van der Waals surface area contributed by atoms with Crippen molar-refractivity contribution >= 4 is 6.29 Å². The van der Waals surface area contributed by atoms with Crippen molar-refractivity contribution in [3.8, 4) is 0 Å². The number of carbonyl (C=O) groups is 1. The summed E-state index contributed by atoms with van der Waals surface area (Å²) in [4.78, 5) is 10.6. The molecule has 0 amide bonds. The normalized spacial score (nSPS) is 42.8. The highest BCUT2D eigenvalue weighted by Crippen LogP contribution is 2.51. The Balaban J connectivity index is 1.90. The van der Waals surface area contributed by atoms with Crippen LogP contribution < -0.4 is 0 Å². The molecule has 0 heterocycles. The van der Waals surface area contributed by atoms with Gasteiger partial charge in [-0.1, -0.05) is 26.7 Å². The Morgan fingerprint density at radius 2 is 2.15 bits per heavy atom. The maximum Gasteiger partial charge on any atom is 0.123 e. The van der Waals surface area contributed by atoms with E-state index in [1.807, 2.05) is 0 Å². The Bertz CT molecular complexity index is 207. The van der Waals surface area contributed by atoms with Crippen LogP contribution in [0, 0.1) is 23.2 Å². The van der Waals surface area contributed by atoms with Crippen LogP contribution in [0.1, 0.15) is 46.0 Å². The standard InChI is InChI=1S/C12H20O/c1-12(2)5-3-4-9(7-12)11-6-10(11)8-13/h8-11H,3-7H2,1-2H3/t9-,10+,11+/m0/s1. The highest BCUT2D eigenvalue weighted by atomic mass is 16.1. The van der Waals surface area contributed by atoms with E-state index in [0.717, 1.165) is 11.8 Å². The van der Waals surface area contributed by atoms with Crippen molar-refractivity contribution in [2.75, 3.05) is 0 Å². The Morgan fingerprint density at radius 3 is 2.69 bits per heavy atom. The minimum absolute atomic E-state index is 0.430. The summed E-state index contributed by atoms with van der Waals surface area (Å²) in [5.41, 5.74) is 0.541. The van der Waals surface area contributed by atoms with Gasteiger partial charge in [0.1, 0.15) is 6.29 Å². The molecule has 0 saturated heterocycles. The second-order valence-electron chi connectivity index (χ2n) is 5.72. The van der Waals surface area contributed by atoms with Crippen LogP contribution in [0.5, 0.6) is 0 Å². The zero-order valence-corrected chi connectivity index (χ0v) is 8.75. The van der Waals surface area contributed by atoms with E-state index in [1.165, 1.54) is 38.4 Å². The molecular formula is C12H20O. The van der Waals surface area contributed by atoms with E-state index >= 15 is 0 Å². The van der Waals surface area contributed by atoms with Gasteiger partial charge >= 0.3 is 0 Å². The van der Waals surface area contributed by atoms with Crippen molar-refractivity contribution < 1.29 is 4.79 Å². The molecule has 0 spiro atoms. The molecule has 2 saturated carbocycles. The van der Waals surface area contributed by atoms with Gasteiger partial charge in [-0.25, -0.2) is 0 Å². The molecule has 0 radical (unpaired) electrons. The van der Waals surface area contributed by atoms with Crippen molar-refractivity contribution in [1.29, 1.82) is 0 Å². The summed E-state index contributed by atoms with van der Waals surface area (Å²) >= 11 is 0. The van der Waals surface area contributed by atoms with E-state index in [9.17, 15) is 4.79 Å². The molecule has 2 aliphatic carbocycles. The molecule has 3 atom stereocenters. The third-order valence-corrected chi connectivity index (χ3v) is 3.91. The molecule has 1 nitrogen and oxygen atoms in total. The van der Waals surface area contributed by atoms with Crippen molar-refractivity contribution in [2.24, 2.45) is 23.2 Å². The number of rotatable bonds is 2. The van der Waals surface area contributed by atoms with Crippen LogP contribution >= 0.6 is 0 Å². The van der Waals surface area contributed by atoms with Gasteiger partial charge in [-0.2, -0.15) is 0 Å². The average Bonchev–Trinajstić information content (AvgIpc) is 2.80. The van der Waals surface area contributed by atoms with Crippen LogP contribution in [0.15, 0.2) is 0 Å². The van der Waals surface area contributed by atoms with E-state index < -0.39 is 0 Å². The fourth-order valence-electron chi connectivity index (χ4n) is 3.06.